The fourth-order valence-corrected chi connectivity index (χ4v) is 0.702. The van der Waals surface area contributed by atoms with E-state index in [9.17, 15) is 4.39 Å². The van der Waals surface area contributed by atoms with Crippen LogP contribution in [0.1, 0.15) is 13.3 Å². The molecule has 0 aliphatic heterocycles. The average molecular weight is 170 g/mol. The lowest BCUT2D eigenvalue weighted by Crippen LogP contribution is -2.06. The molecule has 3 N–H and O–H groups in total. The number of nitrogens with two attached hydrogens (primary N) is 1. The third-order valence-corrected chi connectivity index (χ3v) is 1.30. The Labute approximate surface area is 70.0 Å². The van der Waals surface area contributed by atoms with E-state index in [2.05, 4.69) is 15.3 Å². The van der Waals surface area contributed by atoms with Crippen LogP contribution < -0.4 is 11.1 Å². The molecule has 4 nitrogen and oxygen atoms in total. The van der Waals surface area contributed by atoms with Gasteiger partial charge in [0.1, 0.15) is 0 Å². The molecule has 0 atom stereocenters. The summed E-state index contributed by atoms with van der Waals surface area (Å²) in [5.41, 5.74) is 5.23. The first kappa shape index (κ1) is 8.70. The third kappa shape index (κ3) is 2.05. The van der Waals surface area contributed by atoms with E-state index in [4.69, 9.17) is 5.73 Å². The minimum Gasteiger partial charge on any atom is -0.381 e. The summed E-state index contributed by atoms with van der Waals surface area (Å²) >= 11 is 0. The molecule has 1 aromatic rings. The lowest BCUT2D eigenvalue weighted by molar-refractivity contribution is 0.620. The summed E-state index contributed by atoms with van der Waals surface area (Å²) in [6.07, 6.45) is 2.01. The van der Waals surface area contributed by atoms with Gasteiger partial charge in [-0.3, -0.25) is 0 Å². The molecule has 1 aromatic heterocycles. The smallest absolute Gasteiger partial charge is 0.224 e. The molecule has 0 saturated carbocycles. The minimum atomic E-state index is -0.586. The van der Waals surface area contributed by atoms with Gasteiger partial charge in [-0.2, -0.15) is 4.98 Å². The maximum atomic E-state index is 12.5. The number of hydrogen-bond acceptors (Lipinski definition) is 4. The SMILES string of the molecule is CCCNc1ncc(F)c(N)n1. The van der Waals surface area contributed by atoms with Crippen LogP contribution in [0.5, 0.6) is 0 Å². The molecule has 5 heteroatoms. The molecular weight excluding hydrogens is 159 g/mol. The van der Waals surface area contributed by atoms with E-state index < -0.39 is 5.82 Å². The van der Waals surface area contributed by atoms with E-state index in [0.29, 0.717) is 5.95 Å². The lowest BCUT2D eigenvalue weighted by Gasteiger charge is -2.02. The predicted molar refractivity (Wildman–Crippen MR) is 45.2 cm³/mol. The number of nitrogen functional groups attached to an aromatic ring is 1. The highest BCUT2D eigenvalue weighted by molar-refractivity contribution is 5.36. The van der Waals surface area contributed by atoms with Crippen molar-refractivity contribution in [3.8, 4) is 0 Å². The first-order valence-electron chi connectivity index (χ1n) is 3.76. The Bertz CT molecular complexity index is 264. The first-order valence-corrected chi connectivity index (χ1v) is 3.76. The molecule has 66 valence electrons. The van der Waals surface area contributed by atoms with Crippen molar-refractivity contribution in [2.45, 2.75) is 13.3 Å². The first-order chi connectivity index (χ1) is 5.74. The largest absolute Gasteiger partial charge is 0.381 e. The van der Waals surface area contributed by atoms with Crippen LogP contribution in [0.25, 0.3) is 0 Å². The van der Waals surface area contributed by atoms with Gasteiger partial charge in [-0.25, -0.2) is 9.37 Å². The summed E-state index contributed by atoms with van der Waals surface area (Å²) in [6, 6.07) is 0. The molecular formula is C7H11FN4. The molecule has 0 unspecified atom stereocenters. The summed E-state index contributed by atoms with van der Waals surface area (Å²) in [6.45, 7) is 2.77. The van der Waals surface area contributed by atoms with Crippen LogP contribution in [-0.2, 0) is 0 Å². The number of aromatic nitrogens is 2. The van der Waals surface area contributed by atoms with E-state index in [1.807, 2.05) is 6.92 Å². The van der Waals surface area contributed by atoms with Crippen LogP contribution in [0, 0.1) is 5.82 Å². The van der Waals surface area contributed by atoms with Crippen molar-refractivity contribution in [3.63, 3.8) is 0 Å². The maximum Gasteiger partial charge on any atom is 0.224 e. The molecule has 0 amide bonds. The van der Waals surface area contributed by atoms with Crippen molar-refractivity contribution in [2.24, 2.45) is 0 Å². The van der Waals surface area contributed by atoms with Gasteiger partial charge < -0.3 is 11.1 Å². The Morgan fingerprint density at radius 2 is 2.42 bits per heavy atom. The van der Waals surface area contributed by atoms with Crippen molar-refractivity contribution in [3.05, 3.63) is 12.0 Å². The van der Waals surface area contributed by atoms with Crippen LogP contribution in [0.2, 0.25) is 0 Å². The number of anilines is 2. The van der Waals surface area contributed by atoms with E-state index in [0.717, 1.165) is 19.2 Å². The van der Waals surface area contributed by atoms with Crippen molar-refractivity contribution < 1.29 is 4.39 Å². The number of nitrogens with zero attached hydrogens (tertiary/aromatic N) is 2. The number of rotatable bonds is 3. The van der Waals surface area contributed by atoms with Crippen LogP contribution in [0.3, 0.4) is 0 Å². The zero-order chi connectivity index (χ0) is 8.97. The van der Waals surface area contributed by atoms with Gasteiger partial charge in [0.05, 0.1) is 6.20 Å². The highest BCUT2D eigenvalue weighted by atomic mass is 19.1. The van der Waals surface area contributed by atoms with Gasteiger partial charge in [0.25, 0.3) is 0 Å². The third-order valence-electron chi connectivity index (χ3n) is 1.30. The van der Waals surface area contributed by atoms with E-state index in [-0.39, 0.29) is 5.82 Å². The fourth-order valence-electron chi connectivity index (χ4n) is 0.702. The second-order valence-electron chi connectivity index (χ2n) is 2.35. The molecule has 0 saturated heterocycles. The van der Waals surface area contributed by atoms with Crippen LogP contribution in [-0.4, -0.2) is 16.5 Å². The fraction of sp³-hybridized carbons (Fsp3) is 0.429. The molecule has 0 aliphatic carbocycles. The lowest BCUT2D eigenvalue weighted by atomic mass is 10.5. The molecule has 1 heterocycles. The number of halogens is 1. The van der Waals surface area contributed by atoms with Gasteiger partial charge in [-0.05, 0) is 6.42 Å². The van der Waals surface area contributed by atoms with Gasteiger partial charge in [-0.1, -0.05) is 6.92 Å². The van der Waals surface area contributed by atoms with Crippen molar-refractivity contribution in [1.82, 2.24) is 9.97 Å². The Morgan fingerprint density at radius 1 is 1.67 bits per heavy atom. The van der Waals surface area contributed by atoms with Crippen LogP contribution in [0.4, 0.5) is 16.2 Å². The van der Waals surface area contributed by atoms with E-state index in [1.165, 1.54) is 0 Å². The second kappa shape index (κ2) is 3.85. The number of nitrogens with one attached hydrogen (secondary N) is 1. The Kier molecular flexibility index (Phi) is 2.79. The van der Waals surface area contributed by atoms with Gasteiger partial charge in [-0.15, -0.1) is 0 Å². The van der Waals surface area contributed by atoms with E-state index >= 15 is 0 Å². The summed E-state index contributed by atoms with van der Waals surface area (Å²) in [5, 5.41) is 2.89. The predicted octanol–water partition coefficient (Wildman–Crippen LogP) is 1.02. The average Bonchev–Trinajstić information content (AvgIpc) is 2.07. The molecule has 0 aromatic carbocycles. The molecule has 0 fully saturated rings. The Balaban J connectivity index is 2.69. The zero-order valence-corrected chi connectivity index (χ0v) is 6.84. The van der Waals surface area contributed by atoms with Gasteiger partial charge >= 0.3 is 0 Å². The summed E-state index contributed by atoms with van der Waals surface area (Å²) < 4.78 is 12.5. The van der Waals surface area contributed by atoms with Gasteiger partial charge in [0, 0.05) is 6.54 Å². The zero-order valence-electron chi connectivity index (χ0n) is 6.84. The molecule has 12 heavy (non-hydrogen) atoms. The molecule has 0 bridgehead atoms. The molecule has 0 spiro atoms. The number of hydrogen-bond donors (Lipinski definition) is 2. The minimum absolute atomic E-state index is 0.122. The summed E-state index contributed by atoms with van der Waals surface area (Å²) in [4.78, 5) is 7.39. The standard InChI is InChI=1S/C7H11FN4/c1-2-3-10-7-11-4-5(8)6(9)12-7/h4H,2-3H2,1H3,(H3,9,10,11,12). The summed E-state index contributed by atoms with van der Waals surface area (Å²) in [5.74, 6) is -0.337. The highest BCUT2D eigenvalue weighted by Gasteiger charge is 2.00. The Morgan fingerprint density at radius 3 is 3.00 bits per heavy atom. The van der Waals surface area contributed by atoms with Crippen molar-refractivity contribution in [2.75, 3.05) is 17.6 Å². The van der Waals surface area contributed by atoms with Crippen LogP contribution in [0.15, 0.2) is 6.20 Å². The van der Waals surface area contributed by atoms with E-state index in [1.54, 1.807) is 0 Å². The molecule has 0 aliphatic rings. The van der Waals surface area contributed by atoms with Crippen molar-refractivity contribution in [1.29, 1.82) is 0 Å². The van der Waals surface area contributed by atoms with Gasteiger partial charge in [0.2, 0.25) is 5.95 Å². The van der Waals surface area contributed by atoms with Crippen LogP contribution >= 0.6 is 0 Å². The monoisotopic (exact) mass is 170 g/mol. The van der Waals surface area contributed by atoms with Crippen molar-refractivity contribution >= 4 is 11.8 Å². The second-order valence-corrected chi connectivity index (χ2v) is 2.35. The Hall–Kier alpha value is -1.39. The molecule has 1 rings (SSSR count). The topological polar surface area (TPSA) is 63.8 Å². The summed E-state index contributed by atoms with van der Waals surface area (Å²) in [7, 11) is 0. The highest BCUT2D eigenvalue weighted by Crippen LogP contribution is 2.06. The molecule has 0 radical (unpaired) electrons. The quantitative estimate of drug-likeness (QED) is 0.710. The maximum absolute atomic E-state index is 12.5. The normalized spacial score (nSPS) is 9.83. The van der Waals surface area contributed by atoms with Gasteiger partial charge in [0.15, 0.2) is 11.6 Å².